The van der Waals surface area contributed by atoms with Gasteiger partial charge in [-0.2, -0.15) is 0 Å². The number of nitrogens with one attached hydrogen (secondary N) is 1. The van der Waals surface area contributed by atoms with E-state index in [1.54, 1.807) is 6.07 Å². The van der Waals surface area contributed by atoms with Gasteiger partial charge in [-0.1, -0.05) is 50.4 Å². The third kappa shape index (κ3) is 5.52. The van der Waals surface area contributed by atoms with Crippen LogP contribution in [0.25, 0.3) is 0 Å². The van der Waals surface area contributed by atoms with Crippen LogP contribution in [0.2, 0.25) is 5.02 Å². The Hall–Kier alpha value is -1.22. The molecule has 0 fully saturated rings. The molecule has 0 saturated heterocycles. The summed E-state index contributed by atoms with van der Waals surface area (Å²) >= 11 is 6.05. The Morgan fingerprint density at radius 2 is 1.74 bits per heavy atom. The summed E-state index contributed by atoms with van der Waals surface area (Å²) in [5.74, 6) is 0. The molecule has 1 rings (SSSR count). The van der Waals surface area contributed by atoms with Gasteiger partial charge in [-0.3, -0.25) is 0 Å². The molecule has 3 nitrogen and oxygen atoms in total. The Balaban J connectivity index is 2.62. The predicted molar refractivity (Wildman–Crippen MR) is 81.9 cm³/mol. The van der Waals surface area contributed by atoms with Gasteiger partial charge in [-0.15, -0.1) is 0 Å². The lowest BCUT2D eigenvalue weighted by Gasteiger charge is -2.23. The second kappa shape index (κ2) is 8.81. The van der Waals surface area contributed by atoms with E-state index in [0.717, 1.165) is 38.8 Å². The van der Waals surface area contributed by atoms with Crippen LogP contribution in [0, 0.1) is 0 Å². The lowest BCUT2D eigenvalue weighted by atomic mass is 10.2. The van der Waals surface area contributed by atoms with Gasteiger partial charge in [0.1, 0.15) is 0 Å². The second-order valence-electron chi connectivity index (χ2n) is 4.60. The first-order valence-electron chi connectivity index (χ1n) is 6.99. The topological polar surface area (TPSA) is 32.3 Å². The van der Waals surface area contributed by atoms with Crippen molar-refractivity contribution in [3.8, 4) is 0 Å². The Morgan fingerprint density at radius 3 is 2.26 bits per heavy atom. The zero-order chi connectivity index (χ0) is 14.1. The minimum absolute atomic E-state index is 0.0602. The highest BCUT2D eigenvalue weighted by atomic mass is 35.5. The fourth-order valence-electron chi connectivity index (χ4n) is 1.77. The second-order valence-corrected chi connectivity index (χ2v) is 5.01. The molecule has 0 aliphatic rings. The molecular weight excluding hydrogens is 260 g/mol. The molecule has 4 heteroatoms. The number of amides is 2. The van der Waals surface area contributed by atoms with E-state index in [1.807, 2.05) is 23.1 Å². The summed E-state index contributed by atoms with van der Waals surface area (Å²) in [6, 6.07) is 7.25. The van der Waals surface area contributed by atoms with Crippen molar-refractivity contribution >= 4 is 23.3 Å². The number of nitrogens with zero attached hydrogens (tertiary/aromatic N) is 1. The molecule has 0 aliphatic carbocycles. The van der Waals surface area contributed by atoms with Gasteiger partial charge in [-0.05, 0) is 25.0 Å². The van der Waals surface area contributed by atoms with Crippen molar-refractivity contribution in [1.29, 1.82) is 0 Å². The van der Waals surface area contributed by atoms with Crippen LogP contribution in [0.1, 0.15) is 39.5 Å². The molecule has 0 unspecified atom stereocenters. The lowest BCUT2D eigenvalue weighted by Crippen LogP contribution is -2.36. The van der Waals surface area contributed by atoms with E-state index >= 15 is 0 Å². The molecule has 0 heterocycles. The summed E-state index contributed by atoms with van der Waals surface area (Å²) in [5, 5.41) is 3.45. The smallest absolute Gasteiger partial charge is 0.321 e. The first-order valence-corrected chi connectivity index (χ1v) is 7.37. The first kappa shape index (κ1) is 15.8. The molecule has 1 aromatic carbocycles. The molecule has 0 aliphatic heterocycles. The van der Waals surface area contributed by atoms with Crippen molar-refractivity contribution in [2.24, 2.45) is 0 Å². The van der Waals surface area contributed by atoms with Crippen LogP contribution in [-0.4, -0.2) is 24.0 Å². The number of hydrogen-bond acceptors (Lipinski definition) is 1. The summed E-state index contributed by atoms with van der Waals surface area (Å²) < 4.78 is 0. The number of benzene rings is 1. The summed E-state index contributed by atoms with van der Waals surface area (Å²) in [5.41, 5.74) is 0.673. The molecular formula is C15H23ClN2O. The van der Waals surface area contributed by atoms with E-state index in [4.69, 9.17) is 11.6 Å². The highest BCUT2D eigenvalue weighted by molar-refractivity contribution is 6.33. The van der Waals surface area contributed by atoms with Gasteiger partial charge in [0.25, 0.3) is 0 Å². The van der Waals surface area contributed by atoms with Crippen molar-refractivity contribution in [1.82, 2.24) is 4.90 Å². The standard InChI is InChI=1S/C15H23ClN2O/c1-3-5-11-18(12-6-4-2)15(19)17-14-10-8-7-9-13(14)16/h7-10H,3-6,11-12H2,1-2H3,(H,17,19). The van der Waals surface area contributed by atoms with E-state index in [9.17, 15) is 4.79 Å². The maximum absolute atomic E-state index is 12.2. The lowest BCUT2D eigenvalue weighted by molar-refractivity contribution is 0.210. The molecule has 2 amide bonds. The molecule has 106 valence electrons. The van der Waals surface area contributed by atoms with Crippen molar-refractivity contribution < 1.29 is 4.79 Å². The van der Waals surface area contributed by atoms with Crippen LogP contribution in [0.3, 0.4) is 0 Å². The van der Waals surface area contributed by atoms with Crippen molar-refractivity contribution in [2.45, 2.75) is 39.5 Å². The number of unbranched alkanes of at least 4 members (excludes halogenated alkanes) is 2. The van der Waals surface area contributed by atoms with E-state index in [1.165, 1.54) is 0 Å². The maximum Gasteiger partial charge on any atom is 0.321 e. The Morgan fingerprint density at radius 1 is 1.16 bits per heavy atom. The minimum atomic E-state index is -0.0602. The summed E-state index contributed by atoms with van der Waals surface area (Å²) in [6.45, 7) is 5.85. The molecule has 0 aromatic heterocycles. The minimum Gasteiger partial charge on any atom is -0.325 e. The number of carbonyl (C=O) groups is 1. The molecule has 0 bridgehead atoms. The largest absolute Gasteiger partial charge is 0.325 e. The SMILES string of the molecule is CCCCN(CCCC)C(=O)Nc1ccccc1Cl. The van der Waals surface area contributed by atoms with Crippen LogP contribution < -0.4 is 5.32 Å². The van der Waals surface area contributed by atoms with E-state index < -0.39 is 0 Å². The summed E-state index contributed by atoms with van der Waals surface area (Å²) in [4.78, 5) is 14.1. The van der Waals surface area contributed by atoms with Gasteiger partial charge in [0.15, 0.2) is 0 Å². The van der Waals surface area contributed by atoms with Gasteiger partial charge in [0, 0.05) is 13.1 Å². The predicted octanol–water partition coefficient (Wildman–Crippen LogP) is 4.77. The van der Waals surface area contributed by atoms with Crippen LogP contribution in [0.4, 0.5) is 10.5 Å². The highest BCUT2D eigenvalue weighted by Gasteiger charge is 2.13. The van der Waals surface area contributed by atoms with Crippen LogP contribution >= 0.6 is 11.6 Å². The highest BCUT2D eigenvalue weighted by Crippen LogP contribution is 2.20. The number of halogens is 1. The zero-order valence-corrected chi connectivity index (χ0v) is 12.5. The first-order chi connectivity index (χ1) is 9.19. The number of hydrogen-bond donors (Lipinski definition) is 1. The quantitative estimate of drug-likeness (QED) is 0.767. The van der Waals surface area contributed by atoms with Crippen molar-refractivity contribution in [3.05, 3.63) is 29.3 Å². The van der Waals surface area contributed by atoms with Gasteiger partial charge < -0.3 is 10.2 Å². The van der Waals surface area contributed by atoms with Gasteiger partial charge >= 0.3 is 6.03 Å². The van der Waals surface area contributed by atoms with Crippen LogP contribution in [-0.2, 0) is 0 Å². The van der Waals surface area contributed by atoms with Crippen molar-refractivity contribution in [2.75, 3.05) is 18.4 Å². The normalized spacial score (nSPS) is 10.3. The van der Waals surface area contributed by atoms with Crippen molar-refractivity contribution in [3.63, 3.8) is 0 Å². The van der Waals surface area contributed by atoms with E-state index in [2.05, 4.69) is 19.2 Å². The number of urea groups is 1. The van der Waals surface area contributed by atoms with E-state index in [0.29, 0.717) is 10.7 Å². The number of rotatable bonds is 7. The zero-order valence-electron chi connectivity index (χ0n) is 11.8. The third-order valence-electron chi connectivity index (χ3n) is 2.97. The number of carbonyl (C=O) groups excluding carboxylic acids is 1. The average Bonchev–Trinajstić information content (AvgIpc) is 2.41. The van der Waals surface area contributed by atoms with Gasteiger partial charge in [0.05, 0.1) is 10.7 Å². The van der Waals surface area contributed by atoms with Gasteiger partial charge in [-0.25, -0.2) is 4.79 Å². The number of para-hydroxylation sites is 1. The molecule has 1 N–H and O–H groups in total. The van der Waals surface area contributed by atoms with E-state index in [-0.39, 0.29) is 6.03 Å². The Kier molecular flexibility index (Phi) is 7.34. The monoisotopic (exact) mass is 282 g/mol. The molecule has 0 atom stereocenters. The molecule has 0 radical (unpaired) electrons. The fourth-order valence-corrected chi connectivity index (χ4v) is 1.95. The molecule has 0 spiro atoms. The molecule has 1 aromatic rings. The Labute approximate surface area is 120 Å². The maximum atomic E-state index is 12.2. The summed E-state index contributed by atoms with van der Waals surface area (Å²) in [6.07, 6.45) is 4.23. The molecule has 0 saturated carbocycles. The summed E-state index contributed by atoms with van der Waals surface area (Å²) in [7, 11) is 0. The van der Waals surface area contributed by atoms with Crippen LogP contribution in [0.15, 0.2) is 24.3 Å². The van der Waals surface area contributed by atoms with Gasteiger partial charge in [0.2, 0.25) is 0 Å². The number of anilines is 1. The van der Waals surface area contributed by atoms with Crippen LogP contribution in [0.5, 0.6) is 0 Å². The average molecular weight is 283 g/mol. The fraction of sp³-hybridized carbons (Fsp3) is 0.533. The Bertz CT molecular complexity index is 387. The molecule has 19 heavy (non-hydrogen) atoms. The third-order valence-corrected chi connectivity index (χ3v) is 3.30.